The van der Waals surface area contributed by atoms with Crippen LogP contribution in [0.2, 0.25) is 0 Å². The standard InChI is InChI=1S/C22H48N4S4.2ClHO4.Ni/c1-27-19-15-23-7-5-8-25(17-21-29-3)13-14-26(18-22-30-4)10-6-9-24(12-11-23)16-20-28-2;2*2-1(3,4)5;/h5-22H2,1-4H3;2*(H,2,3,4,5);/q;;;+2/p-2. The zero-order valence-electron chi connectivity index (χ0n) is 24.5. The summed E-state index contributed by atoms with van der Waals surface area (Å²) in [5.41, 5.74) is 0. The van der Waals surface area contributed by atoms with Gasteiger partial charge in [0.1, 0.15) is 0 Å². The van der Waals surface area contributed by atoms with E-state index in [2.05, 4.69) is 44.6 Å². The summed E-state index contributed by atoms with van der Waals surface area (Å²) in [5.74, 6) is 5.02. The van der Waals surface area contributed by atoms with Gasteiger partial charge in [0.25, 0.3) is 0 Å². The molecule has 1 aliphatic rings. The first kappa shape index (κ1) is 47.4. The maximum Gasteiger partial charge on any atom is 2.00 e. The molecule has 252 valence electrons. The van der Waals surface area contributed by atoms with Crippen LogP contribution in [-0.2, 0) is 16.5 Å². The molecule has 0 aromatic carbocycles. The molecule has 0 unspecified atom stereocenters. The molecule has 0 aliphatic carbocycles. The van der Waals surface area contributed by atoms with Crippen molar-refractivity contribution in [3.05, 3.63) is 0 Å². The third kappa shape index (κ3) is 42.0. The summed E-state index contributed by atoms with van der Waals surface area (Å²) >= 11 is 7.94. The second-order valence-electron chi connectivity index (χ2n) is 8.80. The molecular formula is C22H48Cl2N4NiO8S4. The monoisotopic (exact) mass is 752 g/mol. The van der Waals surface area contributed by atoms with E-state index in [1.165, 1.54) is 114 Å². The van der Waals surface area contributed by atoms with E-state index in [1.54, 1.807) is 0 Å². The van der Waals surface area contributed by atoms with Crippen molar-refractivity contribution in [2.75, 3.05) is 127 Å². The van der Waals surface area contributed by atoms with E-state index < -0.39 is 20.5 Å². The summed E-state index contributed by atoms with van der Waals surface area (Å²) in [6.45, 7) is 14.9. The molecule has 0 amide bonds. The van der Waals surface area contributed by atoms with Crippen LogP contribution in [0.1, 0.15) is 12.8 Å². The summed E-state index contributed by atoms with van der Waals surface area (Å²) < 4.78 is 67.9. The number of halogens is 2. The molecule has 0 N–H and O–H groups in total. The molecule has 1 saturated heterocycles. The largest absolute Gasteiger partial charge is 2.00 e. The summed E-state index contributed by atoms with van der Waals surface area (Å²) in [5, 5.41) is 0. The van der Waals surface area contributed by atoms with Crippen LogP contribution in [0.5, 0.6) is 0 Å². The van der Waals surface area contributed by atoms with Crippen LogP contribution in [0, 0.1) is 20.5 Å². The van der Waals surface area contributed by atoms with Gasteiger partial charge in [-0.3, -0.25) is 0 Å². The van der Waals surface area contributed by atoms with Crippen LogP contribution in [-0.4, -0.2) is 146 Å². The fourth-order valence-electron chi connectivity index (χ4n) is 3.82. The van der Waals surface area contributed by atoms with Gasteiger partial charge in [0.15, 0.2) is 0 Å². The molecule has 1 fully saturated rings. The quantitative estimate of drug-likeness (QED) is 0.171. The number of rotatable bonds is 12. The molecule has 0 spiro atoms. The third-order valence-electron chi connectivity index (χ3n) is 5.81. The maximum absolute atomic E-state index is 8.49. The Bertz CT molecular complexity index is 479. The Hall–Kier alpha value is 1.99. The van der Waals surface area contributed by atoms with Gasteiger partial charge in [0, 0.05) is 75.4 Å². The van der Waals surface area contributed by atoms with Gasteiger partial charge in [-0.05, 0) is 64.0 Å². The van der Waals surface area contributed by atoms with Crippen molar-refractivity contribution in [1.29, 1.82) is 0 Å². The molecule has 0 saturated carbocycles. The van der Waals surface area contributed by atoms with Gasteiger partial charge in [-0.1, -0.05) is 0 Å². The van der Waals surface area contributed by atoms with Gasteiger partial charge in [0.05, 0.1) is 0 Å². The molecule has 0 bridgehead atoms. The number of hydrogen-bond donors (Lipinski definition) is 0. The molecule has 1 aliphatic heterocycles. The van der Waals surface area contributed by atoms with E-state index in [-0.39, 0.29) is 16.5 Å². The molecular weight excluding hydrogens is 706 g/mol. The second kappa shape index (κ2) is 30.6. The fraction of sp³-hybridized carbons (Fsp3) is 1.00. The molecule has 0 aromatic rings. The summed E-state index contributed by atoms with van der Waals surface area (Å²) in [6.07, 6.45) is 11.6. The second-order valence-corrected chi connectivity index (χ2v) is 14.3. The minimum Gasteiger partial charge on any atom is -0.301 e. The van der Waals surface area contributed by atoms with Crippen LogP contribution in [0.3, 0.4) is 0 Å². The van der Waals surface area contributed by atoms with Crippen molar-refractivity contribution < 1.29 is 74.2 Å². The van der Waals surface area contributed by atoms with E-state index >= 15 is 0 Å². The van der Waals surface area contributed by atoms with E-state index in [0.717, 1.165) is 0 Å². The van der Waals surface area contributed by atoms with Gasteiger partial charge in [-0.15, -0.1) is 20.5 Å². The van der Waals surface area contributed by atoms with Crippen molar-refractivity contribution in [2.24, 2.45) is 0 Å². The topological polar surface area (TPSA) is 197 Å². The van der Waals surface area contributed by atoms with Crippen LogP contribution in [0.25, 0.3) is 0 Å². The molecule has 12 nitrogen and oxygen atoms in total. The van der Waals surface area contributed by atoms with E-state index in [4.69, 9.17) is 37.3 Å². The fourth-order valence-corrected chi connectivity index (χ4v) is 5.59. The van der Waals surface area contributed by atoms with Crippen molar-refractivity contribution in [3.8, 4) is 0 Å². The smallest absolute Gasteiger partial charge is 0.301 e. The molecule has 0 atom stereocenters. The Morgan fingerprint density at radius 3 is 0.732 bits per heavy atom. The Morgan fingerprint density at radius 2 is 0.585 bits per heavy atom. The molecule has 19 heteroatoms. The normalized spacial score (nSPS) is 17.9. The predicted octanol–water partition coefficient (Wildman–Crippen LogP) is -6.07. The molecule has 1 heterocycles. The van der Waals surface area contributed by atoms with Gasteiger partial charge in [-0.25, -0.2) is 37.3 Å². The predicted molar refractivity (Wildman–Crippen MR) is 149 cm³/mol. The van der Waals surface area contributed by atoms with Gasteiger partial charge in [-0.2, -0.15) is 47.0 Å². The number of hydrogen-bond acceptors (Lipinski definition) is 16. The van der Waals surface area contributed by atoms with E-state index in [9.17, 15) is 0 Å². The Balaban J connectivity index is -0.00000112. The zero-order chi connectivity index (χ0) is 30.9. The number of nitrogens with zero attached hydrogens (tertiary/aromatic N) is 4. The van der Waals surface area contributed by atoms with E-state index in [1.807, 2.05) is 47.0 Å². The maximum atomic E-state index is 8.49. The average Bonchev–Trinajstić information content (AvgIpc) is 2.84. The average molecular weight is 755 g/mol. The minimum absolute atomic E-state index is 0. The van der Waals surface area contributed by atoms with Crippen LogP contribution >= 0.6 is 47.0 Å². The molecule has 1 rings (SSSR count). The van der Waals surface area contributed by atoms with Crippen LogP contribution in [0.4, 0.5) is 0 Å². The summed E-state index contributed by atoms with van der Waals surface area (Å²) in [6, 6.07) is 0. The summed E-state index contributed by atoms with van der Waals surface area (Å²) in [4.78, 5) is 10.9. The first-order valence-electron chi connectivity index (χ1n) is 12.8. The third-order valence-corrected chi connectivity index (χ3v) is 8.17. The Morgan fingerprint density at radius 1 is 0.415 bits per heavy atom. The first-order valence-corrected chi connectivity index (χ1v) is 20.9. The van der Waals surface area contributed by atoms with Crippen molar-refractivity contribution in [1.82, 2.24) is 19.6 Å². The van der Waals surface area contributed by atoms with Gasteiger partial charge < -0.3 is 19.6 Å². The number of thioether (sulfide) groups is 4. The Labute approximate surface area is 278 Å². The first-order chi connectivity index (χ1) is 18.7. The van der Waals surface area contributed by atoms with Crippen molar-refractivity contribution in [3.63, 3.8) is 0 Å². The minimum atomic E-state index is -4.94. The summed E-state index contributed by atoms with van der Waals surface area (Å²) in [7, 11) is -9.89. The van der Waals surface area contributed by atoms with Crippen molar-refractivity contribution in [2.45, 2.75) is 12.8 Å². The van der Waals surface area contributed by atoms with Crippen molar-refractivity contribution >= 4 is 47.0 Å². The van der Waals surface area contributed by atoms with Crippen LogP contribution < -0.4 is 37.3 Å². The van der Waals surface area contributed by atoms with Crippen LogP contribution in [0.15, 0.2) is 0 Å². The van der Waals surface area contributed by atoms with E-state index in [0.29, 0.717) is 0 Å². The zero-order valence-corrected chi connectivity index (χ0v) is 30.3. The Kier molecular flexibility index (Phi) is 35.4. The van der Waals surface area contributed by atoms with Gasteiger partial charge in [0.2, 0.25) is 0 Å². The molecule has 41 heavy (non-hydrogen) atoms. The molecule has 0 aromatic heterocycles. The SMILES string of the molecule is CSCCN1CCCN(CCSC)CCN(CCSC)CCCN(CCSC)CC1.[Ni+2].[O-][Cl+3]([O-])([O-])[O-].[O-][Cl+3]([O-])([O-])[O-]. The van der Waals surface area contributed by atoms with Gasteiger partial charge >= 0.3 is 16.5 Å². The molecule has 0 radical (unpaired) electrons.